The van der Waals surface area contributed by atoms with Gasteiger partial charge in [-0.15, -0.1) is 0 Å². The second kappa shape index (κ2) is 7.09. The van der Waals surface area contributed by atoms with E-state index in [-0.39, 0.29) is 6.04 Å². The molecule has 1 heterocycles. The van der Waals surface area contributed by atoms with Crippen LogP contribution in [0.5, 0.6) is 0 Å². The molecule has 0 saturated heterocycles. The van der Waals surface area contributed by atoms with Crippen LogP contribution in [0.1, 0.15) is 37.8 Å². The van der Waals surface area contributed by atoms with Crippen molar-refractivity contribution in [3.8, 4) is 0 Å². The summed E-state index contributed by atoms with van der Waals surface area (Å²) in [5, 5.41) is 3.52. The van der Waals surface area contributed by atoms with Crippen molar-refractivity contribution in [3.05, 3.63) is 41.7 Å². The van der Waals surface area contributed by atoms with Crippen molar-refractivity contribution >= 4 is 9.84 Å². The van der Waals surface area contributed by atoms with Crippen molar-refractivity contribution in [2.24, 2.45) is 0 Å². The van der Waals surface area contributed by atoms with E-state index in [2.05, 4.69) is 12.2 Å². The molecule has 0 aliphatic carbocycles. The van der Waals surface area contributed by atoms with Crippen molar-refractivity contribution in [3.63, 3.8) is 0 Å². The van der Waals surface area contributed by atoms with Crippen LogP contribution in [0.3, 0.4) is 0 Å². The number of nitrogens with one attached hydrogen (secondary N) is 1. The SMILES string of the molecule is CCCNC(C1=COCCC1)c1ccc(S(C)(=O)=O)cc1. The predicted molar refractivity (Wildman–Crippen MR) is 83.9 cm³/mol. The number of ether oxygens (including phenoxy) is 1. The Hall–Kier alpha value is -1.33. The summed E-state index contributed by atoms with van der Waals surface area (Å²) in [6.07, 6.45) is 6.16. The second-order valence-corrected chi connectivity index (χ2v) is 7.41. The molecule has 1 aromatic rings. The standard InChI is InChI=1S/C16H23NO3S/c1-3-10-17-16(14-5-4-11-20-12-14)13-6-8-15(9-7-13)21(2,18)19/h6-9,12,16-17H,3-5,10-11H2,1-2H3. The highest BCUT2D eigenvalue weighted by molar-refractivity contribution is 7.90. The first-order valence-corrected chi connectivity index (χ1v) is 9.25. The predicted octanol–water partition coefficient (Wildman–Crippen LogP) is 2.83. The Labute approximate surface area is 127 Å². The summed E-state index contributed by atoms with van der Waals surface area (Å²) in [6, 6.07) is 7.22. The van der Waals surface area contributed by atoms with E-state index in [0.717, 1.165) is 38.0 Å². The highest BCUT2D eigenvalue weighted by Gasteiger charge is 2.19. The fraction of sp³-hybridized carbons (Fsp3) is 0.500. The molecule has 1 aromatic carbocycles. The van der Waals surface area contributed by atoms with E-state index >= 15 is 0 Å². The van der Waals surface area contributed by atoms with Crippen molar-refractivity contribution in [1.82, 2.24) is 5.32 Å². The maximum atomic E-state index is 11.5. The molecule has 0 bridgehead atoms. The number of sulfone groups is 1. The molecule has 5 heteroatoms. The Morgan fingerprint density at radius 3 is 2.52 bits per heavy atom. The normalized spacial score (nSPS) is 17.0. The molecule has 0 saturated carbocycles. The first kappa shape index (κ1) is 16.0. The van der Waals surface area contributed by atoms with Gasteiger partial charge in [0.05, 0.1) is 23.8 Å². The molecule has 0 radical (unpaired) electrons. The molecule has 1 atom stereocenters. The Balaban J connectivity index is 2.25. The summed E-state index contributed by atoms with van der Waals surface area (Å²) >= 11 is 0. The first-order chi connectivity index (χ1) is 10.0. The molecule has 1 aliphatic heterocycles. The molecule has 1 N–H and O–H groups in total. The number of benzene rings is 1. The second-order valence-electron chi connectivity index (χ2n) is 5.40. The van der Waals surface area contributed by atoms with Gasteiger partial charge in [0, 0.05) is 6.26 Å². The lowest BCUT2D eigenvalue weighted by Crippen LogP contribution is -2.25. The fourth-order valence-electron chi connectivity index (χ4n) is 2.46. The molecular weight excluding hydrogens is 286 g/mol. The van der Waals surface area contributed by atoms with Crippen LogP contribution < -0.4 is 5.32 Å². The van der Waals surface area contributed by atoms with E-state index in [4.69, 9.17) is 4.74 Å². The molecule has 0 aromatic heterocycles. The quantitative estimate of drug-likeness (QED) is 0.878. The van der Waals surface area contributed by atoms with Crippen LogP contribution in [-0.2, 0) is 14.6 Å². The monoisotopic (exact) mass is 309 g/mol. The lowest BCUT2D eigenvalue weighted by Gasteiger charge is -2.25. The van der Waals surface area contributed by atoms with Crippen LogP contribution in [0.4, 0.5) is 0 Å². The molecule has 0 fully saturated rings. The maximum Gasteiger partial charge on any atom is 0.175 e. The van der Waals surface area contributed by atoms with E-state index in [9.17, 15) is 8.42 Å². The van der Waals surface area contributed by atoms with Gasteiger partial charge < -0.3 is 10.1 Å². The molecule has 1 unspecified atom stereocenters. The summed E-state index contributed by atoms with van der Waals surface area (Å²) in [4.78, 5) is 0.356. The Morgan fingerprint density at radius 2 is 2.00 bits per heavy atom. The van der Waals surface area contributed by atoms with Gasteiger partial charge in [0.2, 0.25) is 0 Å². The third-order valence-electron chi connectivity index (χ3n) is 3.57. The molecule has 2 rings (SSSR count). The van der Waals surface area contributed by atoms with Gasteiger partial charge >= 0.3 is 0 Å². The van der Waals surface area contributed by atoms with Gasteiger partial charge in [-0.3, -0.25) is 0 Å². The number of hydrogen-bond donors (Lipinski definition) is 1. The molecule has 116 valence electrons. The molecule has 21 heavy (non-hydrogen) atoms. The van der Waals surface area contributed by atoms with Gasteiger partial charge in [0.1, 0.15) is 0 Å². The van der Waals surface area contributed by atoms with Crippen LogP contribution in [0.15, 0.2) is 41.0 Å². The zero-order chi connectivity index (χ0) is 15.3. The van der Waals surface area contributed by atoms with E-state index in [1.54, 1.807) is 12.1 Å². The largest absolute Gasteiger partial charge is 0.501 e. The smallest absolute Gasteiger partial charge is 0.175 e. The Bertz CT molecular complexity index is 590. The van der Waals surface area contributed by atoms with Crippen LogP contribution in [0.25, 0.3) is 0 Å². The van der Waals surface area contributed by atoms with Crippen LogP contribution in [0.2, 0.25) is 0 Å². The molecule has 1 aliphatic rings. The van der Waals surface area contributed by atoms with Crippen molar-refractivity contribution < 1.29 is 13.2 Å². The average Bonchev–Trinajstić information content (AvgIpc) is 2.48. The van der Waals surface area contributed by atoms with Crippen LogP contribution in [0, 0.1) is 0 Å². The van der Waals surface area contributed by atoms with E-state index in [0.29, 0.717) is 4.90 Å². The summed E-state index contributed by atoms with van der Waals surface area (Å²) in [6.45, 7) is 3.81. The molecule has 4 nitrogen and oxygen atoms in total. The Morgan fingerprint density at radius 1 is 1.29 bits per heavy atom. The minimum atomic E-state index is -3.15. The van der Waals surface area contributed by atoms with E-state index < -0.39 is 9.84 Å². The van der Waals surface area contributed by atoms with Crippen molar-refractivity contribution in [2.75, 3.05) is 19.4 Å². The third kappa shape index (κ3) is 4.32. The van der Waals surface area contributed by atoms with Crippen molar-refractivity contribution in [2.45, 2.75) is 37.1 Å². The van der Waals surface area contributed by atoms with Crippen LogP contribution in [-0.4, -0.2) is 27.8 Å². The van der Waals surface area contributed by atoms with E-state index in [1.807, 2.05) is 18.4 Å². The fourth-order valence-corrected chi connectivity index (χ4v) is 3.09. The number of hydrogen-bond acceptors (Lipinski definition) is 4. The molecule has 0 amide bonds. The van der Waals surface area contributed by atoms with E-state index in [1.165, 1.54) is 11.8 Å². The average molecular weight is 309 g/mol. The van der Waals surface area contributed by atoms with Gasteiger partial charge in [-0.25, -0.2) is 8.42 Å². The highest BCUT2D eigenvalue weighted by Crippen LogP contribution is 2.28. The summed E-state index contributed by atoms with van der Waals surface area (Å²) in [7, 11) is -3.15. The van der Waals surface area contributed by atoms with Crippen LogP contribution >= 0.6 is 0 Å². The Kier molecular flexibility index (Phi) is 5.42. The molecule has 0 spiro atoms. The molecular formula is C16H23NO3S. The van der Waals surface area contributed by atoms with Crippen molar-refractivity contribution in [1.29, 1.82) is 0 Å². The summed E-state index contributed by atoms with van der Waals surface area (Å²) in [5.41, 5.74) is 2.30. The topological polar surface area (TPSA) is 55.4 Å². The maximum absolute atomic E-state index is 11.5. The third-order valence-corrected chi connectivity index (χ3v) is 4.70. The minimum absolute atomic E-state index is 0.0962. The lowest BCUT2D eigenvalue weighted by atomic mass is 9.95. The lowest BCUT2D eigenvalue weighted by molar-refractivity contribution is 0.219. The zero-order valence-corrected chi connectivity index (χ0v) is 13.4. The van der Waals surface area contributed by atoms with Gasteiger partial charge in [-0.1, -0.05) is 19.1 Å². The van der Waals surface area contributed by atoms with Gasteiger partial charge in [0.25, 0.3) is 0 Å². The first-order valence-electron chi connectivity index (χ1n) is 7.36. The summed E-state index contributed by atoms with van der Waals surface area (Å²) in [5.74, 6) is 0. The number of rotatable bonds is 6. The minimum Gasteiger partial charge on any atom is -0.501 e. The van der Waals surface area contributed by atoms with Gasteiger partial charge in [-0.05, 0) is 49.1 Å². The van der Waals surface area contributed by atoms with Gasteiger partial charge in [-0.2, -0.15) is 0 Å². The summed E-state index contributed by atoms with van der Waals surface area (Å²) < 4.78 is 28.5. The highest BCUT2D eigenvalue weighted by atomic mass is 32.2. The van der Waals surface area contributed by atoms with Gasteiger partial charge in [0.15, 0.2) is 9.84 Å². The zero-order valence-electron chi connectivity index (χ0n) is 12.6.